The molecule has 0 radical (unpaired) electrons. The highest BCUT2D eigenvalue weighted by Gasteiger charge is 2.21. The van der Waals surface area contributed by atoms with Crippen molar-refractivity contribution in [2.45, 2.75) is 19.6 Å². The number of hydrogen-bond donors (Lipinski definition) is 1. The molecule has 0 saturated heterocycles. The Hall–Kier alpha value is -1.17. The molecule has 1 aromatic rings. The predicted octanol–water partition coefficient (Wildman–Crippen LogP) is 2.22. The van der Waals surface area contributed by atoms with E-state index >= 15 is 0 Å². The summed E-state index contributed by atoms with van der Waals surface area (Å²) >= 11 is 5.86. The van der Waals surface area contributed by atoms with Crippen LogP contribution in [0.1, 0.15) is 24.2 Å². The average Bonchev–Trinajstić information content (AvgIpc) is 2.33. The van der Waals surface area contributed by atoms with Gasteiger partial charge in [0, 0.05) is 17.7 Å². The third-order valence-electron chi connectivity index (χ3n) is 2.28. The molecule has 1 unspecified atom stereocenters. The van der Waals surface area contributed by atoms with Crippen LogP contribution in [-0.4, -0.2) is 24.8 Å². The number of ether oxygens (including phenoxy) is 2. The Balaban J connectivity index is 3.02. The van der Waals surface area contributed by atoms with Crippen LogP contribution in [0.3, 0.4) is 0 Å². The molecule has 0 aliphatic heterocycles. The molecule has 0 spiro atoms. The van der Waals surface area contributed by atoms with Crippen molar-refractivity contribution in [1.82, 2.24) is 0 Å². The molecule has 6 heteroatoms. The van der Waals surface area contributed by atoms with Crippen molar-refractivity contribution in [3.05, 3.63) is 34.1 Å². The number of hydrogen-bond acceptors (Lipinski definition) is 4. The minimum atomic E-state index is -1.55. The normalized spacial score (nSPS) is 12.3. The molecule has 4 nitrogen and oxygen atoms in total. The van der Waals surface area contributed by atoms with Gasteiger partial charge in [-0.25, -0.2) is 9.18 Å². The second-order valence-electron chi connectivity index (χ2n) is 3.55. The fourth-order valence-electron chi connectivity index (χ4n) is 1.42. The Morgan fingerprint density at radius 2 is 2.22 bits per heavy atom. The number of carbonyl (C=O) groups is 1. The van der Waals surface area contributed by atoms with Crippen molar-refractivity contribution in [3.63, 3.8) is 0 Å². The van der Waals surface area contributed by atoms with E-state index in [-0.39, 0.29) is 29.4 Å². The molecule has 0 heterocycles. The van der Waals surface area contributed by atoms with Crippen LogP contribution in [0.25, 0.3) is 0 Å². The zero-order valence-electron chi connectivity index (χ0n) is 10.1. The largest absolute Gasteiger partial charge is 0.464 e. The van der Waals surface area contributed by atoms with E-state index in [0.717, 1.165) is 6.07 Å². The number of aliphatic hydroxyl groups is 1. The van der Waals surface area contributed by atoms with Crippen LogP contribution in [0, 0.1) is 5.82 Å². The van der Waals surface area contributed by atoms with Gasteiger partial charge in [0.15, 0.2) is 6.10 Å². The van der Waals surface area contributed by atoms with Gasteiger partial charge in [-0.2, -0.15) is 0 Å². The SMILES string of the molecule is CCOC(=O)C(O)c1cc(F)c(COC)c(Cl)c1. The molecule has 0 aromatic heterocycles. The number of benzene rings is 1. The summed E-state index contributed by atoms with van der Waals surface area (Å²) in [6, 6.07) is 2.36. The molecular weight excluding hydrogens is 263 g/mol. The summed E-state index contributed by atoms with van der Waals surface area (Å²) in [4.78, 5) is 11.3. The van der Waals surface area contributed by atoms with E-state index in [0.29, 0.717) is 0 Å². The van der Waals surface area contributed by atoms with Gasteiger partial charge in [-0.15, -0.1) is 0 Å². The lowest BCUT2D eigenvalue weighted by Crippen LogP contribution is -2.16. The molecule has 100 valence electrons. The summed E-state index contributed by atoms with van der Waals surface area (Å²) < 4.78 is 23.1. The van der Waals surface area contributed by atoms with E-state index in [1.165, 1.54) is 13.2 Å². The molecule has 1 aromatic carbocycles. The zero-order valence-corrected chi connectivity index (χ0v) is 10.8. The van der Waals surface area contributed by atoms with Crippen LogP contribution in [-0.2, 0) is 20.9 Å². The van der Waals surface area contributed by atoms with E-state index in [1.807, 2.05) is 0 Å². The summed E-state index contributed by atoms with van der Waals surface area (Å²) in [6.07, 6.45) is -1.55. The molecule has 0 amide bonds. The van der Waals surface area contributed by atoms with Crippen molar-refractivity contribution in [2.75, 3.05) is 13.7 Å². The van der Waals surface area contributed by atoms with Gasteiger partial charge >= 0.3 is 5.97 Å². The third kappa shape index (κ3) is 3.41. The van der Waals surface area contributed by atoms with Crippen LogP contribution < -0.4 is 0 Å². The Morgan fingerprint density at radius 3 is 2.72 bits per heavy atom. The van der Waals surface area contributed by atoms with Gasteiger partial charge in [-0.1, -0.05) is 11.6 Å². The third-order valence-corrected chi connectivity index (χ3v) is 2.61. The summed E-state index contributed by atoms with van der Waals surface area (Å²) in [6.45, 7) is 1.76. The van der Waals surface area contributed by atoms with Crippen LogP contribution >= 0.6 is 11.6 Å². The Kier molecular flexibility index (Phi) is 5.53. The number of aliphatic hydroxyl groups excluding tert-OH is 1. The van der Waals surface area contributed by atoms with Gasteiger partial charge in [0.2, 0.25) is 0 Å². The van der Waals surface area contributed by atoms with E-state index < -0.39 is 17.9 Å². The lowest BCUT2D eigenvalue weighted by molar-refractivity contribution is -0.153. The highest BCUT2D eigenvalue weighted by Crippen LogP contribution is 2.26. The maximum Gasteiger partial charge on any atom is 0.339 e. The first kappa shape index (κ1) is 14.9. The van der Waals surface area contributed by atoms with Gasteiger partial charge in [0.05, 0.1) is 13.2 Å². The molecule has 0 aliphatic carbocycles. The molecule has 1 atom stereocenters. The fraction of sp³-hybridized carbons (Fsp3) is 0.417. The Morgan fingerprint density at radius 1 is 1.56 bits per heavy atom. The quantitative estimate of drug-likeness (QED) is 0.838. The van der Waals surface area contributed by atoms with Gasteiger partial charge in [0.25, 0.3) is 0 Å². The van der Waals surface area contributed by atoms with Crippen LogP contribution in [0.15, 0.2) is 12.1 Å². The molecule has 0 fully saturated rings. The Labute approximate surface area is 109 Å². The first-order valence-corrected chi connectivity index (χ1v) is 5.70. The van der Waals surface area contributed by atoms with Crippen molar-refractivity contribution in [1.29, 1.82) is 0 Å². The zero-order chi connectivity index (χ0) is 13.7. The van der Waals surface area contributed by atoms with Crippen LogP contribution in [0.2, 0.25) is 5.02 Å². The molecule has 18 heavy (non-hydrogen) atoms. The number of esters is 1. The Bertz CT molecular complexity index is 413. The van der Waals surface area contributed by atoms with E-state index in [1.54, 1.807) is 6.92 Å². The lowest BCUT2D eigenvalue weighted by Gasteiger charge is -2.12. The maximum absolute atomic E-state index is 13.7. The highest BCUT2D eigenvalue weighted by atomic mass is 35.5. The molecule has 0 saturated carbocycles. The van der Waals surface area contributed by atoms with Crippen molar-refractivity contribution in [3.8, 4) is 0 Å². The van der Waals surface area contributed by atoms with E-state index in [2.05, 4.69) is 4.74 Å². The van der Waals surface area contributed by atoms with Crippen molar-refractivity contribution < 1.29 is 23.8 Å². The first-order valence-electron chi connectivity index (χ1n) is 5.32. The summed E-state index contributed by atoms with van der Waals surface area (Å²) in [5, 5.41) is 9.75. The van der Waals surface area contributed by atoms with Gasteiger partial charge in [-0.3, -0.25) is 0 Å². The number of methoxy groups -OCH3 is 1. The standard InChI is InChI=1S/C12H14ClFO4/c1-3-18-12(16)11(15)7-4-9(13)8(6-17-2)10(14)5-7/h4-5,11,15H,3,6H2,1-2H3. The van der Waals surface area contributed by atoms with Crippen LogP contribution in [0.4, 0.5) is 4.39 Å². The lowest BCUT2D eigenvalue weighted by atomic mass is 10.1. The molecular formula is C12H14ClFO4. The first-order chi connectivity index (χ1) is 8.51. The number of carbonyl (C=O) groups excluding carboxylic acids is 1. The number of halogens is 2. The van der Waals surface area contributed by atoms with Crippen molar-refractivity contribution in [2.24, 2.45) is 0 Å². The number of rotatable bonds is 5. The van der Waals surface area contributed by atoms with E-state index in [9.17, 15) is 14.3 Å². The predicted molar refractivity (Wildman–Crippen MR) is 63.7 cm³/mol. The summed E-state index contributed by atoms with van der Waals surface area (Å²) in [5.41, 5.74) is 0.231. The maximum atomic E-state index is 13.7. The topological polar surface area (TPSA) is 55.8 Å². The minimum absolute atomic E-state index is 0.0143. The van der Waals surface area contributed by atoms with Crippen molar-refractivity contribution >= 4 is 17.6 Å². The van der Waals surface area contributed by atoms with Gasteiger partial charge < -0.3 is 14.6 Å². The van der Waals surface area contributed by atoms with Crippen LogP contribution in [0.5, 0.6) is 0 Å². The second-order valence-corrected chi connectivity index (χ2v) is 3.96. The molecule has 0 aliphatic rings. The second kappa shape index (κ2) is 6.68. The monoisotopic (exact) mass is 276 g/mol. The fourth-order valence-corrected chi connectivity index (χ4v) is 1.69. The average molecular weight is 277 g/mol. The molecule has 0 bridgehead atoms. The van der Waals surface area contributed by atoms with E-state index in [4.69, 9.17) is 16.3 Å². The van der Waals surface area contributed by atoms with Gasteiger partial charge in [0.1, 0.15) is 5.82 Å². The highest BCUT2D eigenvalue weighted by molar-refractivity contribution is 6.31. The van der Waals surface area contributed by atoms with Gasteiger partial charge in [-0.05, 0) is 24.6 Å². The molecule has 1 rings (SSSR count). The molecule has 1 N–H and O–H groups in total. The summed E-state index contributed by atoms with van der Waals surface area (Å²) in [7, 11) is 1.41. The minimum Gasteiger partial charge on any atom is -0.464 e. The smallest absolute Gasteiger partial charge is 0.339 e. The summed E-state index contributed by atoms with van der Waals surface area (Å²) in [5.74, 6) is -1.48.